The molecule has 0 spiro atoms. The molecular weight excluding hydrogens is 401 g/mol. The van der Waals surface area contributed by atoms with E-state index < -0.39 is 18.7 Å². The van der Waals surface area contributed by atoms with E-state index in [9.17, 15) is 22.8 Å². The van der Waals surface area contributed by atoms with Crippen LogP contribution in [0.5, 0.6) is 5.88 Å². The van der Waals surface area contributed by atoms with Gasteiger partial charge in [-0.05, 0) is 24.6 Å². The molecule has 7 nitrogen and oxygen atoms in total. The predicted octanol–water partition coefficient (Wildman–Crippen LogP) is 3.59. The third-order valence-electron chi connectivity index (χ3n) is 3.93. The lowest BCUT2D eigenvalue weighted by molar-refractivity contribution is -0.154. The number of aromatic nitrogens is 3. The summed E-state index contributed by atoms with van der Waals surface area (Å²) in [5.41, 5.74) is 1.56. The number of amides is 1. The van der Waals surface area contributed by atoms with E-state index in [1.807, 2.05) is 6.92 Å². The molecule has 0 fully saturated rings. The van der Waals surface area contributed by atoms with Crippen molar-refractivity contribution in [2.24, 2.45) is 0 Å². The molecule has 0 aliphatic carbocycles. The first-order valence-electron chi connectivity index (χ1n) is 8.91. The molecule has 3 aromatic rings. The van der Waals surface area contributed by atoms with Crippen LogP contribution in [0.3, 0.4) is 0 Å². The van der Waals surface area contributed by atoms with Crippen molar-refractivity contribution in [3.05, 3.63) is 70.3 Å². The average molecular weight is 418 g/mol. The maximum absolute atomic E-state index is 12.4. The zero-order valence-electron chi connectivity index (χ0n) is 15.8. The molecule has 3 rings (SSSR count). The van der Waals surface area contributed by atoms with E-state index in [2.05, 4.69) is 25.0 Å². The Labute approximate surface area is 169 Å². The number of nitrogens with one attached hydrogen (secondary N) is 2. The van der Waals surface area contributed by atoms with Gasteiger partial charge in [0.2, 0.25) is 5.88 Å². The Hall–Kier alpha value is -3.69. The lowest BCUT2D eigenvalue weighted by atomic mass is 10.1. The van der Waals surface area contributed by atoms with Crippen LogP contribution in [0.15, 0.2) is 53.5 Å². The maximum atomic E-state index is 12.4. The van der Waals surface area contributed by atoms with Crippen molar-refractivity contribution in [1.29, 1.82) is 0 Å². The van der Waals surface area contributed by atoms with Gasteiger partial charge in [0.05, 0.1) is 5.56 Å². The zero-order chi connectivity index (χ0) is 21.7. The molecule has 0 saturated heterocycles. The smallest absolute Gasteiger partial charge is 0.422 e. The first-order chi connectivity index (χ1) is 14.2. The minimum Gasteiger partial charge on any atom is -0.468 e. The number of aryl methyl sites for hydroxylation is 1. The van der Waals surface area contributed by atoms with Crippen LogP contribution >= 0.6 is 0 Å². The lowest BCUT2D eigenvalue weighted by Gasteiger charge is -2.10. The van der Waals surface area contributed by atoms with Crippen molar-refractivity contribution < 1.29 is 22.7 Å². The second-order valence-corrected chi connectivity index (χ2v) is 6.26. The molecule has 0 atom stereocenters. The first-order valence-corrected chi connectivity index (χ1v) is 8.91. The summed E-state index contributed by atoms with van der Waals surface area (Å²) in [5, 5.41) is 2.67. The Balaban J connectivity index is 1.72. The van der Waals surface area contributed by atoms with Crippen LogP contribution in [0.2, 0.25) is 0 Å². The van der Waals surface area contributed by atoms with E-state index in [1.165, 1.54) is 18.2 Å². The van der Waals surface area contributed by atoms with E-state index in [4.69, 9.17) is 0 Å². The van der Waals surface area contributed by atoms with E-state index in [0.29, 0.717) is 29.2 Å². The standard InChI is InChI=1S/C20H17F3N4O3/c1-2-14-9-16(28)27-18(25-14)12-4-3-5-15(8-12)26-19(29)13-6-7-17(24-10-13)30-11-20(21,22)23/h3-10H,2,11H2,1H3,(H,26,29)(H,25,27,28). The molecule has 0 saturated carbocycles. The molecule has 1 aromatic carbocycles. The Morgan fingerprint density at radius 3 is 2.67 bits per heavy atom. The van der Waals surface area contributed by atoms with Crippen molar-refractivity contribution in [2.45, 2.75) is 19.5 Å². The highest BCUT2D eigenvalue weighted by Crippen LogP contribution is 2.20. The van der Waals surface area contributed by atoms with E-state index in [0.717, 1.165) is 6.20 Å². The predicted molar refractivity (Wildman–Crippen MR) is 103 cm³/mol. The van der Waals surface area contributed by atoms with Crippen LogP contribution in [0, 0.1) is 0 Å². The number of pyridine rings is 1. The molecular formula is C20H17F3N4O3. The molecule has 2 aromatic heterocycles. The summed E-state index contributed by atoms with van der Waals surface area (Å²) in [6.45, 7) is 0.420. The van der Waals surface area contributed by atoms with Gasteiger partial charge >= 0.3 is 6.18 Å². The van der Waals surface area contributed by atoms with E-state index in [1.54, 1.807) is 24.3 Å². The number of carbonyl (C=O) groups excluding carboxylic acids is 1. The second kappa shape index (κ2) is 8.76. The fourth-order valence-corrected chi connectivity index (χ4v) is 2.53. The van der Waals surface area contributed by atoms with Gasteiger partial charge in [0.1, 0.15) is 5.82 Å². The SMILES string of the molecule is CCc1cc(=O)[nH]c(-c2cccc(NC(=O)c3ccc(OCC(F)(F)F)nc3)c2)n1. The quantitative estimate of drug-likeness (QED) is 0.638. The van der Waals surface area contributed by atoms with Crippen LogP contribution in [0.25, 0.3) is 11.4 Å². The number of aromatic amines is 1. The minimum absolute atomic E-state index is 0.138. The first kappa shape index (κ1) is 21.0. The number of H-pyrrole nitrogens is 1. The zero-order valence-corrected chi connectivity index (χ0v) is 15.8. The Morgan fingerprint density at radius 2 is 2.00 bits per heavy atom. The highest BCUT2D eigenvalue weighted by molar-refractivity contribution is 6.04. The Morgan fingerprint density at radius 1 is 1.20 bits per heavy atom. The van der Waals surface area contributed by atoms with E-state index >= 15 is 0 Å². The number of nitrogens with zero attached hydrogens (tertiary/aromatic N) is 2. The Bertz CT molecular complexity index is 1100. The van der Waals surface area contributed by atoms with Crippen molar-refractivity contribution in [3.8, 4) is 17.3 Å². The molecule has 0 radical (unpaired) electrons. The van der Waals surface area contributed by atoms with E-state index in [-0.39, 0.29) is 17.0 Å². The van der Waals surface area contributed by atoms with Gasteiger partial charge in [0, 0.05) is 35.3 Å². The van der Waals surface area contributed by atoms with Gasteiger partial charge in [0.15, 0.2) is 6.61 Å². The second-order valence-electron chi connectivity index (χ2n) is 6.26. The third kappa shape index (κ3) is 5.66. The van der Waals surface area contributed by atoms with Crippen LogP contribution < -0.4 is 15.6 Å². The van der Waals surface area contributed by atoms with Crippen LogP contribution in [0.4, 0.5) is 18.9 Å². The highest BCUT2D eigenvalue weighted by Gasteiger charge is 2.28. The highest BCUT2D eigenvalue weighted by atomic mass is 19.4. The number of benzene rings is 1. The lowest BCUT2D eigenvalue weighted by Crippen LogP contribution is -2.19. The van der Waals surface area contributed by atoms with Crippen LogP contribution in [-0.4, -0.2) is 33.6 Å². The summed E-state index contributed by atoms with van der Waals surface area (Å²) in [7, 11) is 0. The van der Waals surface area contributed by atoms with Crippen LogP contribution in [0.1, 0.15) is 23.0 Å². The summed E-state index contributed by atoms with van der Waals surface area (Å²) in [5.74, 6) is -0.370. The Kier molecular flexibility index (Phi) is 6.14. The van der Waals surface area contributed by atoms with Gasteiger partial charge in [0.25, 0.3) is 11.5 Å². The van der Waals surface area contributed by atoms with Gasteiger partial charge in [-0.2, -0.15) is 13.2 Å². The fourth-order valence-electron chi connectivity index (χ4n) is 2.53. The molecule has 0 bridgehead atoms. The number of anilines is 1. The molecule has 156 valence electrons. The van der Waals surface area contributed by atoms with Gasteiger partial charge < -0.3 is 15.0 Å². The van der Waals surface area contributed by atoms with Crippen molar-refractivity contribution in [3.63, 3.8) is 0 Å². The summed E-state index contributed by atoms with van der Waals surface area (Å²) < 4.78 is 41.0. The largest absolute Gasteiger partial charge is 0.468 e. The number of hydrogen-bond acceptors (Lipinski definition) is 5. The van der Waals surface area contributed by atoms with Gasteiger partial charge in [-0.15, -0.1) is 0 Å². The molecule has 2 N–H and O–H groups in total. The molecule has 0 aliphatic heterocycles. The summed E-state index contributed by atoms with van der Waals surface area (Å²) in [6, 6.07) is 10.6. The van der Waals surface area contributed by atoms with Gasteiger partial charge in [-0.3, -0.25) is 9.59 Å². The summed E-state index contributed by atoms with van der Waals surface area (Å²) in [4.78, 5) is 34.9. The van der Waals surface area contributed by atoms with Crippen molar-refractivity contribution in [2.75, 3.05) is 11.9 Å². The molecule has 30 heavy (non-hydrogen) atoms. The molecule has 10 heteroatoms. The average Bonchev–Trinajstić information content (AvgIpc) is 2.72. The summed E-state index contributed by atoms with van der Waals surface area (Å²) in [6.07, 6.45) is -2.75. The third-order valence-corrected chi connectivity index (χ3v) is 3.93. The van der Waals surface area contributed by atoms with Gasteiger partial charge in [-0.25, -0.2) is 9.97 Å². The normalized spacial score (nSPS) is 11.2. The van der Waals surface area contributed by atoms with Crippen LogP contribution in [-0.2, 0) is 6.42 Å². The number of carbonyl (C=O) groups is 1. The number of rotatable bonds is 6. The van der Waals surface area contributed by atoms with Crippen molar-refractivity contribution in [1.82, 2.24) is 15.0 Å². The van der Waals surface area contributed by atoms with Gasteiger partial charge in [-0.1, -0.05) is 19.1 Å². The molecule has 1 amide bonds. The number of alkyl halides is 3. The topological polar surface area (TPSA) is 97.0 Å². The number of hydrogen-bond donors (Lipinski definition) is 2. The monoisotopic (exact) mass is 418 g/mol. The number of ether oxygens (including phenoxy) is 1. The fraction of sp³-hybridized carbons (Fsp3) is 0.200. The molecule has 0 aliphatic rings. The number of halogens is 3. The van der Waals surface area contributed by atoms with Crippen molar-refractivity contribution >= 4 is 11.6 Å². The molecule has 0 unspecified atom stereocenters. The maximum Gasteiger partial charge on any atom is 0.422 e. The minimum atomic E-state index is -4.47. The molecule has 2 heterocycles. The summed E-state index contributed by atoms with van der Waals surface area (Å²) >= 11 is 0.